The van der Waals surface area contributed by atoms with Crippen LogP contribution in [0.4, 0.5) is 0 Å². The van der Waals surface area contributed by atoms with Crippen LogP contribution in [0.2, 0.25) is 0 Å². The van der Waals surface area contributed by atoms with E-state index in [-0.39, 0.29) is 0 Å². The van der Waals surface area contributed by atoms with Crippen LogP contribution < -0.4 is 5.32 Å². The highest BCUT2D eigenvalue weighted by Crippen LogP contribution is 2.35. The largest absolute Gasteiger partial charge is 0.465 e. The van der Waals surface area contributed by atoms with Crippen molar-refractivity contribution in [3.63, 3.8) is 0 Å². The molecule has 72 valence electrons. The van der Waals surface area contributed by atoms with Crippen molar-refractivity contribution in [3.8, 4) is 0 Å². The first kappa shape index (κ1) is 8.82. The second-order valence-electron chi connectivity index (χ2n) is 4.24. The molecule has 1 N–H and O–H groups in total. The average Bonchev–Trinajstić information content (AvgIpc) is 2.32. The minimum Gasteiger partial charge on any atom is -0.465 e. The SMILES string of the molecule is Cc1ccc(C2NCC2C(C)C)o1. The molecule has 1 fully saturated rings. The van der Waals surface area contributed by atoms with Gasteiger partial charge in [0.05, 0.1) is 6.04 Å². The monoisotopic (exact) mass is 179 g/mol. The lowest BCUT2D eigenvalue weighted by molar-refractivity contribution is 0.150. The Kier molecular flexibility index (Phi) is 2.16. The van der Waals surface area contributed by atoms with E-state index in [1.807, 2.05) is 13.0 Å². The quantitative estimate of drug-likeness (QED) is 0.754. The Bertz CT molecular complexity index is 290. The Labute approximate surface area is 79.3 Å². The highest BCUT2D eigenvalue weighted by atomic mass is 16.3. The summed E-state index contributed by atoms with van der Waals surface area (Å²) in [6, 6.07) is 4.57. The van der Waals surface area contributed by atoms with Crippen molar-refractivity contribution < 1.29 is 4.42 Å². The highest BCUT2D eigenvalue weighted by Gasteiger charge is 2.35. The maximum Gasteiger partial charge on any atom is 0.121 e. The molecule has 0 bridgehead atoms. The Morgan fingerprint density at radius 1 is 1.46 bits per heavy atom. The van der Waals surface area contributed by atoms with Gasteiger partial charge in [-0.2, -0.15) is 0 Å². The summed E-state index contributed by atoms with van der Waals surface area (Å²) >= 11 is 0. The number of hydrogen-bond acceptors (Lipinski definition) is 2. The molecule has 2 unspecified atom stereocenters. The van der Waals surface area contributed by atoms with Gasteiger partial charge in [-0.25, -0.2) is 0 Å². The number of rotatable bonds is 2. The third-order valence-electron chi connectivity index (χ3n) is 2.93. The molecule has 2 heterocycles. The number of nitrogens with one attached hydrogen (secondary N) is 1. The molecule has 0 amide bonds. The summed E-state index contributed by atoms with van der Waals surface area (Å²) in [7, 11) is 0. The van der Waals surface area contributed by atoms with E-state index in [9.17, 15) is 0 Å². The van der Waals surface area contributed by atoms with Crippen molar-refractivity contribution in [2.75, 3.05) is 6.54 Å². The predicted molar refractivity (Wildman–Crippen MR) is 52.5 cm³/mol. The van der Waals surface area contributed by atoms with Gasteiger partial charge in [0.2, 0.25) is 0 Å². The molecule has 1 saturated heterocycles. The Balaban J connectivity index is 2.10. The van der Waals surface area contributed by atoms with Crippen LogP contribution in [0.1, 0.15) is 31.4 Å². The van der Waals surface area contributed by atoms with Gasteiger partial charge < -0.3 is 9.73 Å². The van der Waals surface area contributed by atoms with Crippen molar-refractivity contribution in [1.29, 1.82) is 0 Å². The zero-order chi connectivity index (χ0) is 9.42. The van der Waals surface area contributed by atoms with E-state index < -0.39 is 0 Å². The summed E-state index contributed by atoms with van der Waals surface area (Å²) in [6.45, 7) is 7.66. The van der Waals surface area contributed by atoms with Crippen molar-refractivity contribution in [2.45, 2.75) is 26.8 Å². The van der Waals surface area contributed by atoms with Crippen molar-refractivity contribution in [3.05, 3.63) is 23.7 Å². The number of hydrogen-bond donors (Lipinski definition) is 1. The van der Waals surface area contributed by atoms with E-state index >= 15 is 0 Å². The summed E-state index contributed by atoms with van der Waals surface area (Å²) in [5, 5.41) is 3.41. The summed E-state index contributed by atoms with van der Waals surface area (Å²) < 4.78 is 5.61. The van der Waals surface area contributed by atoms with Gasteiger partial charge in [-0.15, -0.1) is 0 Å². The summed E-state index contributed by atoms with van der Waals surface area (Å²) in [5.74, 6) is 3.58. The first-order valence-electron chi connectivity index (χ1n) is 4.98. The fourth-order valence-electron chi connectivity index (χ4n) is 1.92. The normalized spacial score (nSPS) is 27.7. The molecule has 1 aromatic rings. The molecule has 1 aromatic heterocycles. The average molecular weight is 179 g/mol. The zero-order valence-corrected chi connectivity index (χ0v) is 8.50. The van der Waals surface area contributed by atoms with Crippen LogP contribution in [0.25, 0.3) is 0 Å². The second kappa shape index (κ2) is 3.18. The molecule has 13 heavy (non-hydrogen) atoms. The van der Waals surface area contributed by atoms with Gasteiger partial charge in [0.25, 0.3) is 0 Å². The van der Waals surface area contributed by atoms with E-state index in [1.54, 1.807) is 0 Å². The Hall–Kier alpha value is -0.760. The first-order chi connectivity index (χ1) is 6.18. The lowest BCUT2D eigenvalue weighted by Crippen LogP contribution is -2.47. The Morgan fingerprint density at radius 3 is 2.62 bits per heavy atom. The van der Waals surface area contributed by atoms with E-state index in [4.69, 9.17) is 4.42 Å². The van der Waals surface area contributed by atoms with Crippen LogP contribution >= 0.6 is 0 Å². The molecule has 0 saturated carbocycles. The van der Waals surface area contributed by atoms with Gasteiger partial charge in [-0.05, 0) is 30.9 Å². The molecule has 0 aliphatic carbocycles. The number of aryl methyl sites for hydroxylation is 1. The fourth-order valence-corrected chi connectivity index (χ4v) is 1.92. The van der Waals surface area contributed by atoms with Gasteiger partial charge in [0.1, 0.15) is 11.5 Å². The molecule has 1 aliphatic heterocycles. The molecule has 0 radical (unpaired) electrons. The molecule has 2 atom stereocenters. The fraction of sp³-hybridized carbons (Fsp3) is 0.636. The van der Waals surface area contributed by atoms with Crippen LogP contribution in [0.15, 0.2) is 16.5 Å². The standard InChI is InChI=1S/C11H17NO/c1-7(2)9-6-12-11(9)10-5-4-8(3)13-10/h4-5,7,9,11-12H,6H2,1-3H3. The van der Waals surface area contributed by atoms with Crippen LogP contribution in [-0.2, 0) is 0 Å². The molecular weight excluding hydrogens is 162 g/mol. The van der Waals surface area contributed by atoms with Crippen LogP contribution in [0.5, 0.6) is 0 Å². The van der Waals surface area contributed by atoms with E-state index in [0.29, 0.717) is 6.04 Å². The van der Waals surface area contributed by atoms with Crippen LogP contribution in [0.3, 0.4) is 0 Å². The second-order valence-corrected chi connectivity index (χ2v) is 4.24. The molecule has 2 nitrogen and oxygen atoms in total. The molecule has 0 aromatic carbocycles. The minimum atomic E-state index is 0.452. The van der Waals surface area contributed by atoms with Gasteiger partial charge >= 0.3 is 0 Å². The first-order valence-corrected chi connectivity index (χ1v) is 4.98. The smallest absolute Gasteiger partial charge is 0.121 e. The maximum atomic E-state index is 5.61. The maximum absolute atomic E-state index is 5.61. The molecule has 1 aliphatic rings. The zero-order valence-electron chi connectivity index (χ0n) is 8.50. The Morgan fingerprint density at radius 2 is 2.23 bits per heavy atom. The molecule has 0 spiro atoms. The summed E-state index contributed by atoms with van der Waals surface area (Å²) in [5.41, 5.74) is 0. The molecule has 2 rings (SSSR count). The van der Waals surface area contributed by atoms with E-state index in [1.165, 1.54) is 0 Å². The van der Waals surface area contributed by atoms with Gasteiger partial charge in [0, 0.05) is 6.54 Å². The summed E-state index contributed by atoms with van der Waals surface area (Å²) in [4.78, 5) is 0. The molecule has 2 heteroatoms. The van der Waals surface area contributed by atoms with Gasteiger partial charge in [0.15, 0.2) is 0 Å². The van der Waals surface area contributed by atoms with Crippen molar-refractivity contribution in [2.24, 2.45) is 11.8 Å². The topological polar surface area (TPSA) is 25.2 Å². The lowest BCUT2D eigenvalue weighted by atomic mass is 9.81. The van der Waals surface area contributed by atoms with E-state index in [2.05, 4.69) is 25.2 Å². The van der Waals surface area contributed by atoms with Crippen molar-refractivity contribution >= 4 is 0 Å². The molecular formula is C11H17NO. The third kappa shape index (κ3) is 1.51. The highest BCUT2D eigenvalue weighted by molar-refractivity contribution is 5.14. The minimum absolute atomic E-state index is 0.452. The van der Waals surface area contributed by atoms with Gasteiger partial charge in [-0.3, -0.25) is 0 Å². The van der Waals surface area contributed by atoms with Crippen molar-refractivity contribution in [1.82, 2.24) is 5.32 Å². The van der Waals surface area contributed by atoms with E-state index in [0.717, 1.165) is 29.9 Å². The van der Waals surface area contributed by atoms with Crippen LogP contribution in [0, 0.1) is 18.8 Å². The predicted octanol–water partition coefficient (Wildman–Crippen LogP) is 2.50. The van der Waals surface area contributed by atoms with Gasteiger partial charge in [-0.1, -0.05) is 13.8 Å². The third-order valence-corrected chi connectivity index (χ3v) is 2.93. The number of furan rings is 1. The lowest BCUT2D eigenvalue weighted by Gasteiger charge is -2.39. The van der Waals surface area contributed by atoms with Crippen LogP contribution in [-0.4, -0.2) is 6.54 Å². The summed E-state index contributed by atoms with van der Waals surface area (Å²) in [6.07, 6.45) is 0.